The van der Waals surface area contributed by atoms with Crippen LogP contribution in [0, 0.1) is 12.1 Å². The number of fused-ring (bicyclic) bond motifs is 7. The summed E-state index contributed by atoms with van der Waals surface area (Å²) >= 11 is 0. The van der Waals surface area contributed by atoms with E-state index < -0.39 is 7.14 Å². The summed E-state index contributed by atoms with van der Waals surface area (Å²) in [5.41, 5.74) is 6.31. The molecule has 284 valence electrons. The Balaban J connectivity index is 0.00000436. The summed E-state index contributed by atoms with van der Waals surface area (Å²) in [5.74, 6) is 1.77. The molecule has 0 aliphatic heterocycles. The molecule has 7 heteroatoms. The molecule has 7 aromatic carbocycles. The molecule has 10 aromatic rings. The van der Waals surface area contributed by atoms with Crippen LogP contribution < -0.4 is 20.7 Å². The van der Waals surface area contributed by atoms with E-state index in [2.05, 4.69) is 127 Å². The standard InChI is InChI=1S/C51H38N3O2P.Pt/c1-51(2,3)35-30-31-52-48(32-35)54-46-29-28-43-42-24-13-14-25-45(42)53(36-16-7-4-8-17-36)50(43)49(46)44-27-26-38(34-47(44)54)56-37-18-15-23-41(33-37)57(55,39-19-9-5-10-20-39)40-21-11-6-12-22-40;/h4-32H,1-3H3;/q-2;+2. The zero-order valence-electron chi connectivity index (χ0n) is 32.2. The molecule has 0 aliphatic carbocycles. The third kappa shape index (κ3) is 6.22. The van der Waals surface area contributed by atoms with Crippen molar-refractivity contribution in [1.29, 1.82) is 0 Å². The van der Waals surface area contributed by atoms with Gasteiger partial charge in [-0.25, -0.2) is 4.98 Å². The summed E-state index contributed by atoms with van der Waals surface area (Å²) < 4.78 is 26.4. The van der Waals surface area contributed by atoms with Gasteiger partial charge in [0.1, 0.15) is 13.0 Å². The summed E-state index contributed by atoms with van der Waals surface area (Å²) in [5, 5.41) is 6.56. The fraction of sp³-hybridized carbons (Fsp3) is 0.0784. The van der Waals surface area contributed by atoms with Gasteiger partial charge in [-0.15, -0.1) is 24.3 Å². The summed E-state index contributed by atoms with van der Waals surface area (Å²) in [6.07, 6.45) is 1.89. The van der Waals surface area contributed by atoms with Gasteiger partial charge in [-0.1, -0.05) is 140 Å². The van der Waals surface area contributed by atoms with Crippen LogP contribution in [-0.2, 0) is 31.0 Å². The zero-order chi connectivity index (χ0) is 38.7. The fourth-order valence-electron chi connectivity index (χ4n) is 8.11. The number of hydrogen-bond donors (Lipinski definition) is 0. The molecule has 10 rings (SSSR count). The number of pyridine rings is 1. The second kappa shape index (κ2) is 14.7. The third-order valence-electron chi connectivity index (χ3n) is 10.9. The minimum absolute atomic E-state index is 0. The molecule has 0 unspecified atom stereocenters. The minimum Gasteiger partial charge on any atom is -0.509 e. The van der Waals surface area contributed by atoms with Crippen molar-refractivity contribution in [3.8, 4) is 23.0 Å². The monoisotopic (exact) mass is 950 g/mol. The Morgan fingerprint density at radius 1 is 0.586 bits per heavy atom. The van der Waals surface area contributed by atoms with Gasteiger partial charge in [-0.2, -0.15) is 18.2 Å². The minimum atomic E-state index is -3.26. The largest absolute Gasteiger partial charge is 2.00 e. The van der Waals surface area contributed by atoms with Gasteiger partial charge in [0, 0.05) is 50.3 Å². The Kier molecular flexibility index (Phi) is 9.55. The third-order valence-corrected chi connectivity index (χ3v) is 13.8. The molecule has 0 spiro atoms. The van der Waals surface area contributed by atoms with Gasteiger partial charge in [0.05, 0.1) is 11.0 Å². The maximum atomic E-state index is 15.2. The topological polar surface area (TPSA) is 49.1 Å². The first-order valence-electron chi connectivity index (χ1n) is 19.2. The van der Waals surface area contributed by atoms with Gasteiger partial charge < -0.3 is 18.4 Å². The average Bonchev–Trinajstić information content (AvgIpc) is 3.77. The van der Waals surface area contributed by atoms with Gasteiger partial charge in [-0.3, -0.25) is 0 Å². The van der Waals surface area contributed by atoms with Gasteiger partial charge in [0.25, 0.3) is 0 Å². The second-order valence-electron chi connectivity index (χ2n) is 15.4. The van der Waals surface area contributed by atoms with Crippen molar-refractivity contribution in [2.75, 3.05) is 0 Å². The van der Waals surface area contributed by atoms with Crippen LogP contribution in [0.3, 0.4) is 0 Å². The SMILES string of the molecule is CC(C)(C)c1ccnc(-n2c3[c-]c(Oc4[c-]c(P(=O)(c5ccccc5)c5ccccc5)ccc4)ccc3c3c2ccc2c4ccccc4n(-c4ccccc4)c23)c1.[Pt+2]. The maximum absolute atomic E-state index is 15.2. The molecule has 3 aromatic heterocycles. The van der Waals surface area contributed by atoms with Crippen LogP contribution in [0.1, 0.15) is 26.3 Å². The van der Waals surface area contributed by atoms with E-state index in [1.54, 1.807) is 0 Å². The molecule has 0 atom stereocenters. The Bertz CT molecular complexity index is 3120. The number of aromatic nitrogens is 3. The van der Waals surface area contributed by atoms with Gasteiger partial charge >= 0.3 is 21.1 Å². The second-order valence-corrected chi connectivity index (χ2v) is 18.1. The van der Waals surface area contributed by atoms with E-state index in [0.29, 0.717) is 16.8 Å². The van der Waals surface area contributed by atoms with Crippen molar-refractivity contribution in [1.82, 2.24) is 14.1 Å². The molecule has 0 saturated carbocycles. The maximum Gasteiger partial charge on any atom is 2.00 e. The Labute approximate surface area is 352 Å². The van der Waals surface area contributed by atoms with E-state index in [9.17, 15) is 0 Å². The summed E-state index contributed by atoms with van der Waals surface area (Å²) in [6.45, 7) is 6.66. The molecule has 0 bridgehead atoms. The van der Waals surface area contributed by atoms with Crippen LogP contribution in [0.15, 0.2) is 176 Å². The van der Waals surface area contributed by atoms with Crippen molar-refractivity contribution < 1.29 is 30.4 Å². The molecule has 0 saturated heterocycles. The molecule has 0 aliphatic rings. The first kappa shape index (κ1) is 37.6. The van der Waals surface area contributed by atoms with E-state index in [4.69, 9.17) is 9.72 Å². The predicted octanol–water partition coefficient (Wildman–Crippen LogP) is 11.6. The molecule has 0 N–H and O–H groups in total. The molecule has 0 amide bonds. The first-order chi connectivity index (χ1) is 27.8. The predicted molar refractivity (Wildman–Crippen MR) is 235 cm³/mol. The van der Waals surface area contributed by atoms with Crippen molar-refractivity contribution >= 4 is 66.7 Å². The van der Waals surface area contributed by atoms with Gasteiger partial charge in [0.2, 0.25) is 0 Å². The quantitative estimate of drug-likeness (QED) is 0.118. The first-order valence-corrected chi connectivity index (χ1v) is 20.9. The summed E-state index contributed by atoms with van der Waals surface area (Å²) in [7, 11) is -3.26. The molecular formula is C51H38N3O2PPt. The van der Waals surface area contributed by atoms with E-state index in [1.807, 2.05) is 91.1 Å². The number of hydrogen-bond acceptors (Lipinski definition) is 3. The molecule has 58 heavy (non-hydrogen) atoms. The normalized spacial score (nSPS) is 12.0. The van der Waals surface area contributed by atoms with Crippen LogP contribution in [0.5, 0.6) is 11.5 Å². The molecule has 3 heterocycles. The molecule has 0 fully saturated rings. The summed E-state index contributed by atoms with van der Waals surface area (Å²) in [4.78, 5) is 4.97. The fourth-order valence-corrected chi connectivity index (χ4v) is 10.7. The Hall–Kier alpha value is -5.99. The van der Waals surface area contributed by atoms with E-state index in [1.165, 1.54) is 16.3 Å². The van der Waals surface area contributed by atoms with Gasteiger partial charge in [0.15, 0.2) is 0 Å². The Morgan fingerprint density at radius 3 is 1.93 bits per heavy atom. The Morgan fingerprint density at radius 2 is 1.22 bits per heavy atom. The molecule has 0 radical (unpaired) electrons. The van der Waals surface area contributed by atoms with E-state index >= 15 is 4.57 Å². The van der Waals surface area contributed by atoms with E-state index in [-0.39, 0.29) is 26.5 Å². The average molecular weight is 951 g/mol. The summed E-state index contributed by atoms with van der Waals surface area (Å²) in [6, 6.07) is 63.9. The smallest absolute Gasteiger partial charge is 0.509 e. The van der Waals surface area contributed by atoms with Crippen molar-refractivity contribution in [2.24, 2.45) is 0 Å². The number of nitrogens with zero attached hydrogens (tertiary/aromatic N) is 3. The molecular weight excluding hydrogens is 913 g/mol. The molecule has 5 nitrogen and oxygen atoms in total. The number of para-hydroxylation sites is 2. The van der Waals surface area contributed by atoms with Gasteiger partial charge in [-0.05, 0) is 52.8 Å². The van der Waals surface area contributed by atoms with Crippen molar-refractivity contribution in [3.05, 3.63) is 194 Å². The zero-order valence-corrected chi connectivity index (χ0v) is 35.3. The number of benzene rings is 7. The number of ether oxygens (including phenoxy) is 1. The van der Waals surface area contributed by atoms with Crippen molar-refractivity contribution in [3.63, 3.8) is 0 Å². The van der Waals surface area contributed by atoms with Crippen LogP contribution in [-0.4, -0.2) is 14.1 Å². The van der Waals surface area contributed by atoms with Crippen molar-refractivity contribution in [2.45, 2.75) is 26.2 Å². The number of rotatable bonds is 7. The van der Waals surface area contributed by atoms with Crippen LogP contribution in [0.2, 0.25) is 0 Å². The van der Waals surface area contributed by atoms with E-state index in [0.717, 1.165) is 55.0 Å². The van der Waals surface area contributed by atoms with Crippen LogP contribution in [0.25, 0.3) is 55.1 Å². The van der Waals surface area contributed by atoms with Crippen LogP contribution in [0.4, 0.5) is 0 Å². The van der Waals surface area contributed by atoms with Crippen LogP contribution >= 0.6 is 7.14 Å².